The maximum absolute atomic E-state index is 14.3. The number of carbonyl (C=O) groups excluding carboxylic acids is 3. The largest absolute Gasteiger partial charge is 0.497 e. The Hall–Kier alpha value is -4.19. The molecule has 0 radical (unpaired) electrons. The molecular weight excluding hydrogens is 496 g/mol. The van der Waals surface area contributed by atoms with Gasteiger partial charge in [-0.05, 0) is 43.2 Å². The zero-order valence-corrected chi connectivity index (χ0v) is 21.4. The molecule has 0 saturated carbocycles. The van der Waals surface area contributed by atoms with Crippen molar-refractivity contribution in [2.75, 3.05) is 25.7 Å². The number of nitro groups is 1. The lowest BCUT2D eigenvalue weighted by molar-refractivity contribution is -0.384. The molecular formula is C26H28N4O8. The highest BCUT2D eigenvalue weighted by molar-refractivity contribution is 6.20. The summed E-state index contributed by atoms with van der Waals surface area (Å²) in [6, 6.07) is 7.88. The molecule has 2 fully saturated rings. The minimum Gasteiger partial charge on any atom is -0.497 e. The van der Waals surface area contributed by atoms with Gasteiger partial charge in [-0.15, -0.1) is 0 Å². The van der Waals surface area contributed by atoms with Crippen LogP contribution in [0.1, 0.15) is 25.0 Å². The van der Waals surface area contributed by atoms with E-state index in [0.717, 1.165) is 4.90 Å². The Morgan fingerprint density at radius 1 is 1.11 bits per heavy atom. The molecule has 4 amide bonds. The monoisotopic (exact) mass is 524 g/mol. The van der Waals surface area contributed by atoms with Gasteiger partial charge in [0.05, 0.1) is 43.9 Å². The number of benzene rings is 2. The first-order valence-electron chi connectivity index (χ1n) is 12.2. The summed E-state index contributed by atoms with van der Waals surface area (Å²) in [7, 11) is 2.98. The molecule has 0 aliphatic carbocycles. The second-order valence-electron chi connectivity index (χ2n) is 9.84. The zero-order chi connectivity index (χ0) is 27.4. The third kappa shape index (κ3) is 3.92. The number of morpholine rings is 1. The second kappa shape index (κ2) is 9.28. The maximum Gasteiger partial charge on any atom is 0.331 e. The van der Waals surface area contributed by atoms with Gasteiger partial charge < -0.3 is 19.1 Å². The third-order valence-electron chi connectivity index (χ3n) is 7.49. The Bertz CT molecular complexity index is 1320. The summed E-state index contributed by atoms with van der Waals surface area (Å²) >= 11 is 0. The van der Waals surface area contributed by atoms with Crippen LogP contribution in [0.15, 0.2) is 36.4 Å². The second-order valence-corrected chi connectivity index (χ2v) is 9.84. The minimum atomic E-state index is -1.75. The Labute approximate surface area is 218 Å². The van der Waals surface area contributed by atoms with Gasteiger partial charge in [0.15, 0.2) is 5.41 Å². The molecule has 4 atom stereocenters. The Kier molecular flexibility index (Phi) is 6.22. The van der Waals surface area contributed by atoms with Crippen molar-refractivity contribution in [3.05, 3.63) is 57.6 Å². The molecule has 2 aromatic carbocycles. The fourth-order valence-corrected chi connectivity index (χ4v) is 5.96. The third-order valence-corrected chi connectivity index (χ3v) is 7.49. The van der Waals surface area contributed by atoms with Crippen molar-refractivity contribution in [2.24, 2.45) is 5.41 Å². The molecule has 38 heavy (non-hydrogen) atoms. The topological polar surface area (TPSA) is 141 Å². The lowest BCUT2D eigenvalue weighted by atomic mass is 9.66. The molecule has 200 valence electrons. The smallest absolute Gasteiger partial charge is 0.331 e. The lowest BCUT2D eigenvalue weighted by Gasteiger charge is -2.56. The van der Waals surface area contributed by atoms with E-state index >= 15 is 0 Å². The Balaban J connectivity index is 1.62. The van der Waals surface area contributed by atoms with Crippen molar-refractivity contribution in [1.82, 2.24) is 10.2 Å². The van der Waals surface area contributed by atoms with Gasteiger partial charge in [0, 0.05) is 36.9 Å². The Morgan fingerprint density at radius 3 is 2.42 bits per heavy atom. The highest BCUT2D eigenvalue weighted by Crippen LogP contribution is 2.48. The number of rotatable bonds is 5. The molecule has 12 heteroatoms. The number of ether oxygens (including phenoxy) is 3. The van der Waals surface area contributed by atoms with Crippen molar-refractivity contribution < 1.29 is 33.5 Å². The fraction of sp³-hybridized carbons (Fsp3) is 0.423. The van der Waals surface area contributed by atoms with E-state index in [4.69, 9.17) is 14.2 Å². The normalized spacial score (nSPS) is 26.5. The number of carbonyl (C=O) groups is 3. The first kappa shape index (κ1) is 25.5. The average Bonchev–Trinajstić information content (AvgIpc) is 2.88. The molecule has 3 heterocycles. The summed E-state index contributed by atoms with van der Waals surface area (Å²) in [5.74, 6) is -0.485. The molecule has 5 rings (SSSR count). The van der Waals surface area contributed by atoms with E-state index in [-0.39, 0.29) is 24.8 Å². The molecule has 1 N–H and O–H groups in total. The van der Waals surface area contributed by atoms with Crippen LogP contribution in [0.5, 0.6) is 11.5 Å². The van der Waals surface area contributed by atoms with Gasteiger partial charge in [-0.3, -0.25) is 29.9 Å². The number of amides is 4. The number of non-ortho nitro benzene ring substituents is 1. The Morgan fingerprint density at radius 2 is 1.79 bits per heavy atom. The van der Waals surface area contributed by atoms with Gasteiger partial charge in [0.2, 0.25) is 11.8 Å². The predicted molar refractivity (Wildman–Crippen MR) is 134 cm³/mol. The lowest BCUT2D eigenvalue weighted by Crippen LogP contribution is -2.75. The molecule has 0 unspecified atom stereocenters. The summed E-state index contributed by atoms with van der Waals surface area (Å²) in [5.41, 5.74) is -0.155. The highest BCUT2D eigenvalue weighted by Gasteiger charge is 2.64. The number of hydrogen-bond donors (Lipinski definition) is 1. The van der Waals surface area contributed by atoms with Crippen molar-refractivity contribution in [1.29, 1.82) is 0 Å². The summed E-state index contributed by atoms with van der Waals surface area (Å²) < 4.78 is 16.7. The SMILES string of the molecule is COc1cc(CN2C(=O)NC(=O)[C@]3(Cc4cc([N+](=O)[O-])ccc4N4C[C@H](C)O[C@@H](C)[C@H]43)C2=O)cc(OC)c1. The van der Waals surface area contributed by atoms with Crippen LogP contribution in [-0.2, 0) is 27.3 Å². The fourth-order valence-electron chi connectivity index (χ4n) is 5.96. The number of methoxy groups -OCH3 is 2. The van der Waals surface area contributed by atoms with E-state index < -0.39 is 40.3 Å². The summed E-state index contributed by atoms with van der Waals surface area (Å²) in [5, 5.41) is 13.9. The number of fused-ring (bicyclic) bond motifs is 4. The van der Waals surface area contributed by atoms with E-state index in [1.807, 2.05) is 11.8 Å². The molecule has 0 bridgehead atoms. The molecule has 3 aliphatic rings. The molecule has 0 aromatic heterocycles. The zero-order valence-electron chi connectivity index (χ0n) is 21.4. The number of nitrogens with zero attached hydrogens (tertiary/aromatic N) is 3. The number of barbiturate groups is 1. The molecule has 2 aromatic rings. The van der Waals surface area contributed by atoms with Crippen LogP contribution in [0.3, 0.4) is 0 Å². The van der Waals surface area contributed by atoms with Gasteiger partial charge in [0.25, 0.3) is 5.69 Å². The van der Waals surface area contributed by atoms with Gasteiger partial charge in [-0.25, -0.2) is 4.79 Å². The number of urea groups is 1. The minimum absolute atomic E-state index is 0.122. The van der Waals surface area contributed by atoms with Crippen molar-refractivity contribution >= 4 is 29.2 Å². The first-order valence-corrected chi connectivity index (χ1v) is 12.2. The molecule has 12 nitrogen and oxygen atoms in total. The van der Waals surface area contributed by atoms with Crippen LogP contribution >= 0.6 is 0 Å². The molecule has 1 spiro atoms. The van der Waals surface area contributed by atoms with Crippen molar-refractivity contribution in [3.8, 4) is 11.5 Å². The van der Waals surface area contributed by atoms with Crippen LogP contribution in [0, 0.1) is 15.5 Å². The van der Waals surface area contributed by atoms with Gasteiger partial charge in [-0.1, -0.05) is 0 Å². The quantitative estimate of drug-likeness (QED) is 0.355. The summed E-state index contributed by atoms with van der Waals surface area (Å²) in [6.07, 6.45) is -0.893. The van der Waals surface area contributed by atoms with Crippen LogP contribution in [0.4, 0.5) is 16.2 Å². The molecule has 3 aliphatic heterocycles. The van der Waals surface area contributed by atoms with Gasteiger partial charge in [0.1, 0.15) is 11.5 Å². The number of nitrogens with one attached hydrogen (secondary N) is 1. The van der Waals surface area contributed by atoms with Crippen molar-refractivity contribution in [3.63, 3.8) is 0 Å². The predicted octanol–water partition coefficient (Wildman–Crippen LogP) is 2.42. The van der Waals surface area contributed by atoms with E-state index in [1.165, 1.54) is 26.4 Å². The van der Waals surface area contributed by atoms with E-state index in [9.17, 15) is 24.5 Å². The number of anilines is 1. The van der Waals surface area contributed by atoms with Crippen LogP contribution < -0.4 is 19.7 Å². The first-order chi connectivity index (χ1) is 18.1. The summed E-state index contributed by atoms with van der Waals surface area (Å²) in [4.78, 5) is 54.9. The molecule has 2 saturated heterocycles. The van der Waals surface area contributed by atoms with Crippen LogP contribution in [0.25, 0.3) is 0 Å². The standard InChI is InChI=1S/C26H28N4O8/c1-14-12-28-21-6-5-18(30(34)35)9-17(21)11-26(22(28)15(2)38-14)23(31)27-25(33)29(24(26)32)13-16-7-19(36-3)10-20(8-16)37-4/h5-10,14-15,22H,11-13H2,1-4H3,(H,27,31,33)/t14-,15-,22-,26+/m0/s1. The average molecular weight is 525 g/mol. The van der Waals surface area contributed by atoms with Crippen LogP contribution in [-0.4, -0.2) is 66.7 Å². The summed E-state index contributed by atoms with van der Waals surface area (Å²) in [6.45, 7) is 3.89. The number of imide groups is 2. The van der Waals surface area contributed by atoms with Crippen LogP contribution in [0.2, 0.25) is 0 Å². The highest BCUT2D eigenvalue weighted by atomic mass is 16.6. The van der Waals surface area contributed by atoms with Gasteiger partial charge >= 0.3 is 6.03 Å². The van der Waals surface area contributed by atoms with Crippen molar-refractivity contribution in [2.45, 2.75) is 45.1 Å². The van der Waals surface area contributed by atoms with E-state index in [2.05, 4.69) is 5.32 Å². The van der Waals surface area contributed by atoms with E-state index in [1.54, 1.807) is 31.2 Å². The van der Waals surface area contributed by atoms with Gasteiger partial charge in [-0.2, -0.15) is 0 Å². The number of hydrogen-bond acceptors (Lipinski definition) is 9. The maximum atomic E-state index is 14.3. The number of nitro benzene ring substituents is 1. The van der Waals surface area contributed by atoms with E-state index in [0.29, 0.717) is 34.9 Å².